The standard InChI is InChI=1S/C24H35N5O3S2/c1-4-32-21(30)19-14-26-24(28(19)3)34-20-15-25-22(33-20)27-23(31)29(17-8-6-5-7-9-17)18-12-10-16(2)11-13-18/h14-18H,4-13H2,1-3H3,(H,25,27,31). The lowest BCUT2D eigenvalue weighted by atomic mass is 9.84. The highest BCUT2D eigenvalue weighted by molar-refractivity contribution is 8.01. The molecule has 0 radical (unpaired) electrons. The number of hydrogen-bond acceptors (Lipinski definition) is 7. The van der Waals surface area contributed by atoms with Gasteiger partial charge in [0.2, 0.25) is 0 Å². The number of ether oxygens (including phenoxy) is 1. The van der Waals surface area contributed by atoms with Crippen molar-refractivity contribution >= 4 is 40.2 Å². The quantitative estimate of drug-likeness (QED) is 0.468. The van der Waals surface area contributed by atoms with Gasteiger partial charge in [0.05, 0.1) is 23.2 Å². The van der Waals surface area contributed by atoms with Crippen molar-refractivity contribution in [2.45, 2.75) is 93.1 Å². The summed E-state index contributed by atoms with van der Waals surface area (Å²) in [5.41, 5.74) is 0.410. The van der Waals surface area contributed by atoms with Crippen molar-refractivity contribution in [1.82, 2.24) is 19.4 Å². The predicted octanol–water partition coefficient (Wildman–Crippen LogP) is 5.95. The first-order chi connectivity index (χ1) is 16.5. The average molecular weight is 506 g/mol. The van der Waals surface area contributed by atoms with Crippen LogP contribution in [0, 0.1) is 5.92 Å². The molecule has 186 valence electrons. The predicted molar refractivity (Wildman–Crippen MR) is 135 cm³/mol. The summed E-state index contributed by atoms with van der Waals surface area (Å²) in [4.78, 5) is 36.5. The van der Waals surface area contributed by atoms with Gasteiger partial charge in [-0.2, -0.15) is 0 Å². The van der Waals surface area contributed by atoms with Crippen molar-refractivity contribution in [2.75, 3.05) is 11.9 Å². The van der Waals surface area contributed by atoms with Gasteiger partial charge in [-0.1, -0.05) is 37.5 Å². The van der Waals surface area contributed by atoms with Crippen LogP contribution in [-0.2, 0) is 11.8 Å². The monoisotopic (exact) mass is 505 g/mol. The van der Waals surface area contributed by atoms with Crippen molar-refractivity contribution in [3.8, 4) is 0 Å². The maximum absolute atomic E-state index is 13.5. The number of carbonyl (C=O) groups excluding carboxylic acids is 2. The minimum atomic E-state index is -0.387. The van der Waals surface area contributed by atoms with Crippen LogP contribution in [-0.4, -0.2) is 50.1 Å². The largest absolute Gasteiger partial charge is 0.461 e. The fraction of sp³-hybridized carbons (Fsp3) is 0.667. The highest BCUT2D eigenvalue weighted by Gasteiger charge is 2.34. The molecular formula is C24H35N5O3S2. The minimum Gasteiger partial charge on any atom is -0.461 e. The molecular weight excluding hydrogens is 470 g/mol. The number of rotatable bonds is 7. The molecule has 0 aliphatic heterocycles. The highest BCUT2D eigenvalue weighted by Crippen LogP contribution is 2.35. The van der Waals surface area contributed by atoms with Crippen molar-refractivity contribution in [1.29, 1.82) is 0 Å². The SMILES string of the molecule is CCOC(=O)c1cnc(Sc2cnc(NC(=O)N(C3CCCCC3)C3CCC(C)CC3)s2)n1C. The van der Waals surface area contributed by atoms with E-state index in [4.69, 9.17) is 4.74 Å². The lowest BCUT2D eigenvalue weighted by Crippen LogP contribution is -2.51. The summed E-state index contributed by atoms with van der Waals surface area (Å²) in [7, 11) is 1.79. The third-order valence-electron chi connectivity index (χ3n) is 6.90. The van der Waals surface area contributed by atoms with Gasteiger partial charge in [-0.15, -0.1) is 0 Å². The molecule has 2 amide bonds. The number of nitrogens with one attached hydrogen (secondary N) is 1. The van der Waals surface area contributed by atoms with Crippen LogP contribution in [0.4, 0.5) is 9.93 Å². The Balaban J connectivity index is 1.42. The molecule has 0 saturated heterocycles. The number of carbonyl (C=O) groups is 2. The normalized spacial score (nSPS) is 21.3. The molecule has 10 heteroatoms. The Kier molecular flexibility index (Phi) is 8.52. The van der Waals surface area contributed by atoms with Crippen molar-refractivity contribution in [2.24, 2.45) is 13.0 Å². The van der Waals surface area contributed by atoms with Gasteiger partial charge in [0.15, 0.2) is 10.3 Å². The summed E-state index contributed by atoms with van der Waals surface area (Å²) in [5, 5.41) is 4.35. The summed E-state index contributed by atoms with van der Waals surface area (Å²) in [5.74, 6) is 0.364. The van der Waals surface area contributed by atoms with E-state index >= 15 is 0 Å². The lowest BCUT2D eigenvalue weighted by Gasteiger charge is -2.42. The van der Waals surface area contributed by atoms with Crippen LogP contribution in [0.2, 0.25) is 0 Å². The number of amides is 2. The Bertz CT molecular complexity index is 977. The highest BCUT2D eigenvalue weighted by atomic mass is 32.2. The fourth-order valence-corrected chi connectivity index (χ4v) is 6.79. The van der Waals surface area contributed by atoms with Gasteiger partial charge in [-0.3, -0.25) is 5.32 Å². The number of aromatic nitrogens is 3. The van der Waals surface area contributed by atoms with Crippen LogP contribution < -0.4 is 5.32 Å². The molecule has 1 N–H and O–H groups in total. The first-order valence-corrected chi connectivity index (χ1v) is 14.0. The van der Waals surface area contributed by atoms with Gasteiger partial charge >= 0.3 is 12.0 Å². The summed E-state index contributed by atoms with van der Waals surface area (Å²) in [6.07, 6.45) is 13.7. The summed E-state index contributed by atoms with van der Waals surface area (Å²) >= 11 is 2.85. The van der Waals surface area contributed by atoms with Crippen molar-refractivity contribution < 1.29 is 14.3 Å². The number of esters is 1. The minimum absolute atomic E-state index is 0.0149. The second kappa shape index (κ2) is 11.6. The zero-order valence-electron chi connectivity index (χ0n) is 20.3. The number of urea groups is 1. The molecule has 2 heterocycles. The van der Waals surface area contributed by atoms with Gasteiger partial charge in [0.1, 0.15) is 5.69 Å². The fourth-order valence-electron chi connectivity index (χ4n) is 5.00. The Hall–Kier alpha value is -2.07. The molecule has 2 aliphatic carbocycles. The lowest BCUT2D eigenvalue weighted by molar-refractivity contribution is 0.0514. The van der Waals surface area contributed by atoms with Gasteiger partial charge in [0.25, 0.3) is 0 Å². The second-order valence-electron chi connectivity index (χ2n) is 9.33. The maximum atomic E-state index is 13.5. The molecule has 0 aromatic carbocycles. The number of nitrogens with zero attached hydrogens (tertiary/aromatic N) is 4. The molecule has 4 rings (SSSR count). The van der Waals surface area contributed by atoms with Crippen LogP contribution >= 0.6 is 23.1 Å². The molecule has 0 atom stereocenters. The third-order valence-corrected chi connectivity index (χ3v) is 8.98. The number of imidazole rings is 1. The van der Waals surface area contributed by atoms with Crippen LogP contribution in [0.15, 0.2) is 21.8 Å². The van der Waals surface area contributed by atoms with E-state index in [-0.39, 0.29) is 12.0 Å². The molecule has 34 heavy (non-hydrogen) atoms. The molecule has 8 nitrogen and oxygen atoms in total. The van der Waals surface area contributed by atoms with Crippen LogP contribution in [0.25, 0.3) is 0 Å². The van der Waals surface area contributed by atoms with Gasteiger partial charge < -0.3 is 14.2 Å². The maximum Gasteiger partial charge on any atom is 0.356 e. The van der Waals surface area contributed by atoms with Crippen LogP contribution in [0.5, 0.6) is 0 Å². The zero-order valence-corrected chi connectivity index (χ0v) is 21.9. The molecule has 0 unspecified atom stereocenters. The Morgan fingerprint density at radius 1 is 1.12 bits per heavy atom. The van der Waals surface area contributed by atoms with E-state index in [1.165, 1.54) is 61.4 Å². The van der Waals surface area contributed by atoms with Gasteiger partial charge in [-0.25, -0.2) is 19.6 Å². The molecule has 2 saturated carbocycles. The summed E-state index contributed by atoms with van der Waals surface area (Å²) in [6.45, 7) is 4.41. The Morgan fingerprint density at radius 2 is 1.82 bits per heavy atom. The second-order valence-corrected chi connectivity index (χ2v) is 11.6. The van der Waals surface area contributed by atoms with E-state index in [0.29, 0.717) is 34.7 Å². The molecule has 0 bridgehead atoms. The van der Waals surface area contributed by atoms with E-state index < -0.39 is 0 Å². The van der Waals surface area contributed by atoms with E-state index in [2.05, 4.69) is 27.1 Å². The first kappa shape index (κ1) is 25.0. The molecule has 2 aliphatic rings. The molecule has 2 aromatic rings. The topological polar surface area (TPSA) is 89.3 Å². The van der Waals surface area contributed by atoms with Gasteiger partial charge in [-0.05, 0) is 63.1 Å². The smallest absolute Gasteiger partial charge is 0.356 e. The molecule has 2 aromatic heterocycles. The Labute approximate surface area is 209 Å². The Morgan fingerprint density at radius 3 is 2.53 bits per heavy atom. The van der Waals surface area contributed by atoms with Gasteiger partial charge in [0, 0.05) is 19.1 Å². The summed E-state index contributed by atoms with van der Waals surface area (Å²) in [6, 6.07) is 0.635. The van der Waals surface area contributed by atoms with Crippen LogP contribution in [0.1, 0.15) is 82.1 Å². The van der Waals surface area contributed by atoms with E-state index in [1.807, 2.05) is 0 Å². The molecule has 2 fully saturated rings. The average Bonchev–Trinajstić information content (AvgIpc) is 3.42. The van der Waals surface area contributed by atoms with Crippen molar-refractivity contribution in [3.05, 3.63) is 18.1 Å². The van der Waals surface area contributed by atoms with E-state index in [1.54, 1.807) is 24.7 Å². The number of anilines is 1. The number of thiazole rings is 1. The summed E-state index contributed by atoms with van der Waals surface area (Å²) < 4.78 is 7.69. The van der Waals surface area contributed by atoms with E-state index in [9.17, 15) is 9.59 Å². The first-order valence-electron chi connectivity index (χ1n) is 12.4. The van der Waals surface area contributed by atoms with Crippen LogP contribution in [0.3, 0.4) is 0 Å². The zero-order chi connectivity index (χ0) is 24.1. The van der Waals surface area contributed by atoms with E-state index in [0.717, 1.165) is 35.8 Å². The number of hydrogen-bond donors (Lipinski definition) is 1. The van der Waals surface area contributed by atoms with Crippen molar-refractivity contribution in [3.63, 3.8) is 0 Å². The third kappa shape index (κ3) is 5.94. The molecule has 0 spiro atoms.